The topological polar surface area (TPSA) is 80.4 Å². The Labute approximate surface area is 106 Å². The molecule has 0 unspecified atom stereocenters. The van der Waals surface area contributed by atoms with Crippen LogP contribution in [-0.4, -0.2) is 22.5 Å². The van der Waals surface area contributed by atoms with Crippen molar-refractivity contribution in [2.24, 2.45) is 22.7 Å². The quantitative estimate of drug-likeness (QED) is 0.616. The van der Waals surface area contributed by atoms with Crippen LogP contribution in [0, 0.1) is 32.8 Å². The highest BCUT2D eigenvalue weighted by atomic mass is 16.6. The Morgan fingerprint density at radius 3 is 2.56 bits per heavy atom. The van der Waals surface area contributed by atoms with E-state index in [1.54, 1.807) is 0 Å². The minimum Gasteiger partial charge on any atom is -0.481 e. The number of rotatable bonds is 4. The number of fused-ring (bicyclic) bond motifs is 1. The third-order valence-electron chi connectivity index (χ3n) is 5.73. The first-order valence-electron chi connectivity index (χ1n) is 6.78. The number of hydrogen-bond acceptors (Lipinski definition) is 3. The van der Waals surface area contributed by atoms with Gasteiger partial charge in [0.15, 0.2) is 0 Å². The molecule has 0 radical (unpaired) electrons. The van der Waals surface area contributed by atoms with E-state index in [9.17, 15) is 14.9 Å². The van der Waals surface area contributed by atoms with Crippen molar-refractivity contribution in [2.75, 3.05) is 6.54 Å². The molecule has 0 saturated heterocycles. The molecule has 18 heavy (non-hydrogen) atoms. The molecule has 3 aliphatic rings. The number of hydrogen-bond donors (Lipinski definition) is 1. The van der Waals surface area contributed by atoms with Crippen LogP contribution in [0.25, 0.3) is 0 Å². The number of aliphatic carboxylic acids is 1. The summed E-state index contributed by atoms with van der Waals surface area (Å²) in [4.78, 5) is 21.5. The lowest BCUT2D eigenvalue weighted by Crippen LogP contribution is -2.50. The minimum absolute atomic E-state index is 0.0226. The van der Waals surface area contributed by atoms with E-state index in [1.165, 1.54) is 25.7 Å². The smallest absolute Gasteiger partial charge is 0.304 e. The van der Waals surface area contributed by atoms with Crippen molar-refractivity contribution in [3.63, 3.8) is 0 Å². The van der Waals surface area contributed by atoms with Crippen molar-refractivity contribution >= 4 is 5.97 Å². The Morgan fingerprint density at radius 1 is 1.33 bits per heavy atom. The van der Waals surface area contributed by atoms with Gasteiger partial charge in [0.25, 0.3) is 0 Å². The summed E-state index contributed by atoms with van der Waals surface area (Å²) in [6, 6.07) is 0. The summed E-state index contributed by atoms with van der Waals surface area (Å²) in [7, 11) is 0. The van der Waals surface area contributed by atoms with Crippen LogP contribution in [0.5, 0.6) is 0 Å². The third-order valence-corrected chi connectivity index (χ3v) is 5.73. The number of carboxylic acid groups (broad SMARTS) is 1. The second-order valence-corrected chi connectivity index (χ2v) is 6.76. The standard InChI is InChI=1S/C13H19NO4/c15-11(16)7-13(8-14(17)18)5-9-4-12(2-1-3-12)6-10(9)13/h9-10H,1-8H2,(H,15,16)/t9-,10-,13-/m1/s1. The normalized spacial score (nSPS) is 39.8. The van der Waals surface area contributed by atoms with E-state index < -0.39 is 11.4 Å². The third kappa shape index (κ3) is 1.63. The summed E-state index contributed by atoms with van der Waals surface area (Å²) in [5, 5.41) is 19.9. The number of nitrogens with zero attached hydrogens (tertiary/aromatic N) is 1. The van der Waals surface area contributed by atoms with Gasteiger partial charge in [-0.2, -0.15) is 0 Å². The maximum atomic E-state index is 11.0. The Balaban J connectivity index is 1.76. The molecule has 3 saturated carbocycles. The van der Waals surface area contributed by atoms with Gasteiger partial charge in [-0.1, -0.05) is 6.42 Å². The molecule has 3 fully saturated rings. The van der Waals surface area contributed by atoms with E-state index >= 15 is 0 Å². The van der Waals surface area contributed by atoms with Gasteiger partial charge < -0.3 is 5.11 Å². The highest BCUT2D eigenvalue weighted by Gasteiger charge is 2.64. The van der Waals surface area contributed by atoms with Crippen LogP contribution >= 0.6 is 0 Å². The number of nitro groups is 1. The first-order valence-corrected chi connectivity index (χ1v) is 6.78. The van der Waals surface area contributed by atoms with E-state index in [0.29, 0.717) is 17.3 Å². The Morgan fingerprint density at radius 2 is 2.06 bits per heavy atom. The van der Waals surface area contributed by atoms with Gasteiger partial charge in [0, 0.05) is 10.3 Å². The molecular weight excluding hydrogens is 234 g/mol. The highest BCUT2D eigenvalue weighted by Crippen LogP contribution is 2.69. The zero-order valence-electron chi connectivity index (χ0n) is 10.4. The molecule has 100 valence electrons. The molecule has 0 aliphatic heterocycles. The minimum atomic E-state index is -0.884. The molecule has 1 spiro atoms. The van der Waals surface area contributed by atoms with Crippen molar-refractivity contribution in [1.29, 1.82) is 0 Å². The zero-order valence-corrected chi connectivity index (χ0v) is 10.4. The lowest BCUT2D eigenvalue weighted by Gasteiger charge is -2.49. The van der Waals surface area contributed by atoms with Crippen LogP contribution in [0.1, 0.15) is 44.9 Å². The Hall–Kier alpha value is -1.13. The molecule has 0 bridgehead atoms. The maximum absolute atomic E-state index is 11.0. The second-order valence-electron chi connectivity index (χ2n) is 6.76. The molecule has 0 heterocycles. The fraction of sp³-hybridized carbons (Fsp3) is 0.923. The molecule has 1 N–H and O–H groups in total. The molecule has 3 atom stereocenters. The van der Waals surface area contributed by atoms with Crippen molar-refractivity contribution in [3.05, 3.63) is 10.1 Å². The van der Waals surface area contributed by atoms with Crippen LogP contribution in [-0.2, 0) is 4.79 Å². The van der Waals surface area contributed by atoms with Crippen molar-refractivity contribution in [3.8, 4) is 0 Å². The van der Waals surface area contributed by atoms with Crippen molar-refractivity contribution in [1.82, 2.24) is 0 Å². The monoisotopic (exact) mass is 253 g/mol. The second kappa shape index (κ2) is 3.68. The SMILES string of the molecule is O=C(O)C[C@@]1(C[N+](=O)[O-])C[C@H]2CC3(CCC3)C[C@H]21. The van der Waals surface area contributed by atoms with Gasteiger partial charge in [0.05, 0.1) is 6.42 Å². The largest absolute Gasteiger partial charge is 0.481 e. The van der Waals surface area contributed by atoms with Gasteiger partial charge in [-0.05, 0) is 49.4 Å². The average Bonchev–Trinajstić information content (AvgIpc) is 2.50. The molecule has 3 aliphatic carbocycles. The predicted octanol–water partition coefficient (Wildman–Crippen LogP) is 2.32. The molecule has 0 aromatic heterocycles. The van der Waals surface area contributed by atoms with Crippen molar-refractivity contribution in [2.45, 2.75) is 44.9 Å². The number of carboxylic acids is 1. The molecule has 5 nitrogen and oxygen atoms in total. The van der Waals surface area contributed by atoms with E-state index in [2.05, 4.69) is 0 Å². The zero-order chi connectivity index (χ0) is 13.0. The summed E-state index contributed by atoms with van der Waals surface area (Å²) in [6.07, 6.45) is 6.75. The predicted molar refractivity (Wildman–Crippen MR) is 63.7 cm³/mol. The fourth-order valence-corrected chi connectivity index (χ4v) is 4.94. The van der Waals surface area contributed by atoms with Gasteiger partial charge in [0.2, 0.25) is 6.54 Å². The fourth-order valence-electron chi connectivity index (χ4n) is 4.94. The van der Waals surface area contributed by atoms with Crippen LogP contribution in [0.15, 0.2) is 0 Å². The summed E-state index contributed by atoms with van der Waals surface area (Å²) >= 11 is 0. The van der Waals surface area contributed by atoms with Gasteiger partial charge in [-0.3, -0.25) is 14.9 Å². The van der Waals surface area contributed by atoms with E-state index in [0.717, 1.165) is 12.8 Å². The average molecular weight is 253 g/mol. The van der Waals surface area contributed by atoms with E-state index in [4.69, 9.17) is 5.11 Å². The molecule has 0 amide bonds. The van der Waals surface area contributed by atoms with Gasteiger partial charge in [-0.25, -0.2) is 0 Å². The first-order chi connectivity index (χ1) is 8.45. The Kier molecular flexibility index (Phi) is 2.44. The van der Waals surface area contributed by atoms with Gasteiger partial charge in [-0.15, -0.1) is 0 Å². The van der Waals surface area contributed by atoms with Crippen LogP contribution in [0.3, 0.4) is 0 Å². The summed E-state index contributed by atoms with van der Waals surface area (Å²) < 4.78 is 0. The van der Waals surface area contributed by atoms with Crippen LogP contribution < -0.4 is 0 Å². The molecular formula is C13H19NO4. The molecule has 3 rings (SSSR count). The van der Waals surface area contributed by atoms with Gasteiger partial charge >= 0.3 is 5.97 Å². The summed E-state index contributed by atoms with van der Waals surface area (Å²) in [6.45, 7) is -0.156. The highest BCUT2D eigenvalue weighted by molar-refractivity contribution is 5.68. The van der Waals surface area contributed by atoms with Crippen LogP contribution in [0.4, 0.5) is 0 Å². The van der Waals surface area contributed by atoms with Crippen molar-refractivity contribution < 1.29 is 14.8 Å². The van der Waals surface area contributed by atoms with E-state index in [-0.39, 0.29) is 17.9 Å². The summed E-state index contributed by atoms with van der Waals surface area (Å²) in [5.41, 5.74) is -0.106. The van der Waals surface area contributed by atoms with Gasteiger partial charge in [0.1, 0.15) is 0 Å². The lowest BCUT2D eigenvalue weighted by molar-refractivity contribution is -0.506. The van der Waals surface area contributed by atoms with Crippen LogP contribution in [0.2, 0.25) is 0 Å². The lowest BCUT2D eigenvalue weighted by atomic mass is 9.53. The van der Waals surface area contributed by atoms with E-state index in [1.807, 2.05) is 0 Å². The maximum Gasteiger partial charge on any atom is 0.304 e. The number of carbonyl (C=O) groups is 1. The molecule has 0 aromatic carbocycles. The molecule has 5 heteroatoms. The summed E-state index contributed by atoms with van der Waals surface area (Å²) in [5.74, 6) is -0.0336. The Bertz CT molecular complexity index is 386. The molecule has 0 aromatic rings. The first kappa shape index (κ1) is 11.9.